The molecule has 1 aromatic heterocycles. The molecule has 7 nitrogen and oxygen atoms in total. The Balaban J connectivity index is 1.54. The summed E-state index contributed by atoms with van der Waals surface area (Å²) in [5.74, 6) is 0.367. The summed E-state index contributed by atoms with van der Waals surface area (Å²) in [5.41, 5.74) is 6.13. The molecule has 0 spiro atoms. The summed E-state index contributed by atoms with van der Waals surface area (Å²) >= 11 is 0. The van der Waals surface area contributed by atoms with Crippen LogP contribution in [0.1, 0.15) is 42.5 Å². The van der Waals surface area contributed by atoms with Crippen LogP contribution in [0.5, 0.6) is 0 Å². The number of aromatic nitrogens is 1. The first kappa shape index (κ1) is 18.7. The number of carbonyl (C=O) groups excluding carboxylic acids is 1. The second-order valence-electron chi connectivity index (χ2n) is 8.21. The fourth-order valence-corrected chi connectivity index (χ4v) is 5.26. The lowest BCUT2D eigenvalue weighted by Gasteiger charge is -2.56. The molecule has 27 heavy (non-hydrogen) atoms. The highest BCUT2D eigenvalue weighted by Gasteiger charge is 2.50. The van der Waals surface area contributed by atoms with Crippen LogP contribution in [0.2, 0.25) is 0 Å². The van der Waals surface area contributed by atoms with Gasteiger partial charge in [-0.25, -0.2) is 4.98 Å². The number of anilines is 1. The van der Waals surface area contributed by atoms with Gasteiger partial charge < -0.3 is 20.5 Å². The summed E-state index contributed by atoms with van der Waals surface area (Å²) in [4.78, 5) is 21.7. The van der Waals surface area contributed by atoms with Gasteiger partial charge in [-0.05, 0) is 44.2 Å². The molecule has 0 saturated carbocycles. The number of pyridine rings is 1. The number of hydrogen-bond donors (Lipinski definition) is 2. The molecule has 148 valence electrons. The van der Waals surface area contributed by atoms with Gasteiger partial charge in [-0.15, -0.1) is 0 Å². The van der Waals surface area contributed by atoms with Crippen molar-refractivity contribution in [2.75, 3.05) is 45.2 Å². The maximum Gasteiger partial charge on any atom is 0.254 e. The maximum atomic E-state index is 13.2. The predicted octanol–water partition coefficient (Wildman–Crippen LogP) is 1.13. The summed E-state index contributed by atoms with van der Waals surface area (Å²) in [7, 11) is 0. The minimum absolute atomic E-state index is 0.00569. The summed E-state index contributed by atoms with van der Waals surface area (Å²) in [5, 5.41) is 10.4. The lowest BCUT2D eigenvalue weighted by atomic mass is 9.69. The van der Waals surface area contributed by atoms with Gasteiger partial charge in [0.05, 0.1) is 6.61 Å². The second-order valence-corrected chi connectivity index (χ2v) is 8.21. The van der Waals surface area contributed by atoms with Crippen LogP contribution in [0.4, 0.5) is 5.82 Å². The van der Waals surface area contributed by atoms with Gasteiger partial charge in [0.15, 0.2) is 0 Å². The average molecular weight is 374 g/mol. The smallest absolute Gasteiger partial charge is 0.254 e. The highest BCUT2D eigenvalue weighted by Crippen LogP contribution is 2.42. The third kappa shape index (κ3) is 3.56. The van der Waals surface area contributed by atoms with Crippen LogP contribution in [0, 0.1) is 5.41 Å². The van der Waals surface area contributed by atoms with E-state index in [9.17, 15) is 9.90 Å². The van der Waals surface area contributed by atoms with Gasteiger partial charge in [-0.3, -0.25) is 9.69 Å². The average Bonchev–Trinajstić information content (AvgIpc) is 2.73. The van der Waals surface area contributed by atoms with Crippen molar-refractivity contribution >= 4 is 11.7 Å². The fourth-order valence-electron chi connectivity index (χ4n) is 5.26. The predicted molar refractivity (Wildman–Crippen MR) is 102 cm³/mol. The van der Waals surface area contributed by atoms with Crippen LogP contribution in [0.25, 0.3) is 0 Å². The minimum atomic E-state index is -0.233. The lowest BCUT2D eigenvalue weighted by molar-refractivity contribution is -0.0864. The van der Waals surface area contributed by atoms with Gasteiger partial charge in [-0.1, -0.05) is 0 Å². The third-order valence-corrected chi connectivity index (χ3v) is 6.68. The Labute approximate surface area is 160 Å². The molecule has 3 N–H and O–H groups in total. The number of ether oxygens (including phenoxy) is 1. The van der Waals surface area contributed by atoms with Gasteiger partial charge in [0.2, 0.25) is 0 Å². The minimum Gasteiger partial charge on any atom is -0.396 e. The number of aliphatic hydroxyl groups is 1. The molecule has 0 aliphatic carbocycles. The molecule has 3 saturated heterocycles. The van der Waals surface area contributed by atoms with Crippen LogP contribution in [-0.4, -0.2) is 77.3 Å². The molecule has 0 unspecified atom stereocenters. The lowest BCUT2D eigenvalue weighted by Crippen LogP contribution is -2.65. The second kappa shape index (κ2) is 7.73. The largest absolute Gasteiger partial charge is 0.396 e. The van der Waals surface area contributed by atoms with E-state index < -0.39 is 0 Å². The van der Waals surface area contributed by atoms with Gasteiger partial charge in [0.25, 0.3) is 5.91 Å². The Bertz CT molecular complexity index is 679. The Kier molecular flexibility index (Phi) is 5.34. The van der Waals surface area contributed by atoms with E-state index in [1.165, 1.54) is 0 Å². The normalized spacial score (nSPS) is 30.1. The Hall–Kier alpha value is -1.70. The summed E-state index contributed by atoms with van der Waals surface area (Å²) in [6.45, 7) is 4.35. The topological polar surface area (TPSA) is 91.9 Å². The maximum absolute atomic E-state index is 13.2. The number of amides is 1. The number of fused-ring (bicyclic) bond motifs is 1. The number of nitrogens with zero attached hydrogens (tertiary/aromatic N) is 3. The van der Waals surface area contributed by atoms with Crippen LogP contribution < -0.4 is 5.73 Å². The molecule has 3 aliphatic rings. The number of nitrogens with two attached hydrogens (primary N) is 1. The van der Waals surface area contributed by atoms with Crippen molar-refractivity contribution < 1.29 is 14.6 Å². The standard InChI is InChI=1S/C20H30N4O3/c21-18-12-15(2-7-22-18)19(26)24-8-1-6-20(14-25)13-23(9-3-17(20)24)16-4-10-27-11-5-16/h2,7,12,16-17,25H,1,3-6,8-11,13-14H2,(H2,21,22)/t17-,20-/m1/s1. The first-order valence-corrected chi connectivity index (χ1v) is 10.1. The van der Waals surface area contributed by atoms with Crippen molar-refractivity contribution in [3.05, 3.63) is 23.9 Å². The van der Waals surface area contributed by atoms with Crippen LogP contribution >= 0.6 is 0 Å². The number of piperidine rings is 2. The number of hydrogen-bond acceptors (Lipinski definition) is 6. The van der Waals surface area contributed by atoms with E-state index in [0.717, 1.165) is 65.0 Å². The molecule has 1 amide bonds. The van der Waals surface area contributed by atoms with E-state index in [-0.39, 0.29) is 24.0 Å². The van der Waals surface area contributed by atoms with Crippen molar-refractivity contribution in [3.63, 3.8) is 0 Å². The van der Waals surface area contributed by atoms with E-state index in [0.29, 0.717) is 17.4 Å². The van der Waals surface area contributed by atoms with E-state index in [2.05, 4.69) is 9.88 Å². The molecular formula is C20H30N4O3. The molecule has 4 heterocycles. The summed E-state index contributed by atoms with van der Waals surface area (Å²) in [6, 6.07) is 3.99. The van der Waals surface area contributed by atoms with E-state index in [1.807, 2.05) is 4.90 Å². The van der Waals surface area contributed by atoms with Crippen LogP contribution in [0.15, 0.2) is 18.3 Å². The first-order chi connectivity index (χ1) is 13.1. The molecule has 1 aromatic rings. The van der Waals surface area contributed by atoms with Crippen molar-refractivity contribution in [1.82, 2.24) is 14.8 Å². The van der Waals surface area contributed by atoms with Crippen molar-refractivity contribution in [2.45, 2.75) is 44.2 Å². The number of rotatable bonds is 3. The zero-order valence-electron chi connectivity index (χ0n) is 15.8. The fraction of sp³-hybridized carbons (Fsp3) is 0.700. The Morgan fingerprint density at radius 3 is 2.89 bits per heavy atom. The monoisotopic (exact) mass is 374 g/mol. The number of nitrogen functional groups attached to an aromatic ring is 1. The van der Waals surface area contributed by atoms with E-state index >= 15 is 0 Å². The molecule has 0 bridgehead atoms. The number of likely N-dealkylation sites (tertiary alicyclic amines) is 2. The van der Waals surface area contributed by atoms with Crippen molar-refractivity contribution in [2.24, 2.45) is 5.41 Å². The highest BCUT2D eigenvalue weighted by molar-refractivity contribution is 5.95. The van der Waals surface area contributed by atoms with Gasteiger partial charge in [0, 0.05) is 62.1 Å². The van der Waals surface area contributed by atoms with Gasteiger partial charge >= 0.3 is 0 Å². The van der Waals surface area contributed by atoms with E-state index in [4.69, 9.17) is 10.5 Å². The van der Waals surface area contributed by atoms with Crippen molar-refractivity contribution in [1.29, 1.82) is 0 Å². The highest BCUT2D eigenvalue weighted by atomic mass is 16.5. The quantitative estimate of drug-likeness (QED) is 0.824. The third-order valence-electron chi connectivity index (χ3n) is 6.68. The van der Waals surface area contributed by atoms with Gasteiger partial charge in [-0.2, -0.15) is 0 Å². The molecule has 3 fully saturated rings. The molecular weight excluding hydrogens is 344 g/mol. The summed E-state index contributed by atoms with van der Waals surface area (Å²) < 4.78 is 5.51. The zero-order chi connectivity index (χ0) is 18.9. The van der Waals surface area contributed by atoms with Crippen LogP contribution in [-0.2, 0) is 4.74 Å². The molecule has 7 heteroatoms. The Morgan fingerprint density at radius 1 is 1.33 bits per heavy atom. The molecule has 4 rings (SSSR count). The van der Waals surface area contributed by atoms with Gasteiger partial charge in [0.1, 0.15) is 5.82 Å². The molecule has 2 atom stereocenters. The SMILES string of the molecule is Nc1cc(C(=O)N2CCC[C@]3(CO)CN(C4CCOCC4)CC[C@@H]23)ccn1. The molecule has 0 radical (unpaired) electrons. The van der Waals surface area contributed by atoms with Crippen LogP contribution in [0.3, 0.4) is 0 Å². The Morgan fingerprint density at radius 2 is 2.15 bits per heavy atom. The molecule has 0 aromatic carbocycles. The number of aliphatic hydroxyl groups excluding tert-OH is 1. The molecule has 3 aliphatic heterocycles. The number of carbonyl (C=O) groups is 1. The van der Waals surface area contributed by atoms with E-state index in [1.54, 1.807) is 18.3 Å². The van der Waals surface area contributed by atoms with Crippen molar-refractivity contribution in [3.8, 4) is 0 Å². The first-order valence-electron chi connectivity index (χ1n) is 10.1. The summed E-state index contributed by atoms with van der Waals surface area (Å²) in [6.07, 6.45) is 6.50. The zero-order valence-corrected chi connectivity index (χ0v) is 15.8.